The Morgan fingerprint density at radius 2 is 1.71 bits per heavy atom. The molecule has 0 saturated carbocycles. The Balaban J connectivity index is 2.28. The van der Waals surface area contributed by atoms with E-state index in [9.17, 15) is 8.42 Å². The molecular formula is C15H14BrClO3S. The minimum atomic E-state index is -3.73. The molecule has 0 atom stereocenters. The van der Waals surface area contributed by atoms with Crippen molar-refractivity contribution >= 4 is 35.7 Å². The van der Waals surface area contributed by atoms with Gasteiger partial charge in [-0.3, -0.25) is 0 Å². The van der Waals surface area contributed by atoms with Gasteiger partial charge >= 0.3 is 0 Å². The van der Waals surface area contributed by atoms with Gasteiger partial charge in [-0.25, -0.2) is 8.42 Å². The summed E-state index contributed by atoms with van der Waals surface area (Å²) in [6, 6.07) is 10.8. The average molecular weight is 390 g/mol. The van der Waals surface area contributed by atoms with E-state index in [-0.39, 0.29) is 4.90 Å². The summed E-state index contributed by atoms with van der Waals surface area (Å²) in [4.78, 5) is 0.0902. The summed E-state index contributed by atoms with van der Waals surface area (Å²) >= 11 is 3.47. The van der Waals surface area contributed by atoms with Crippen molar-refractivity contribution in [3.63, 3.8) is 0 Å². The van der Waals surface area contributed by atoms with Crippen molar-refractivity contribution in [2.45, 2.75) is 25.3 Å². The average Bonchev–Trinajstić information content (AvgIpc) is 2.38. The molecule has 0 fully saturated rings. The molecule has 0 amide bonds. The summed E-state index contributed by atoms with van der Waals surface area (Å²) in [6.45, 7) is 4.00. The molecule has 0 bridgehead atoms. The second-order valence-electron chi connectivity index (χ2n) is 4.70. The van der Waals surface area contributed by atoms with Crippen LogP contribution in [0, 0.1) is 13.8 Å². The van der Waals surface area contributed by atoms with Gasteiger partial charge < -0.3 is 4.74 Å². The molecular weight excluding hydrogens is 376 g/mol. The molecule has 0 radical (unpaired) electrons. The van der Waals surface area contributed by atoms with Crippen LogP contribution in [-0.4, -0.2) is 8.42 Å². The largest absolute Gasteiger partial charge is 0.488 e. The molecule has 0 aromatic heterocycles. The third-order valence-electron chi connectivity index (χ3n) is 3.05. The Kier molecular flexibility index (Phi) is 4.96. The molecule has 0 heterocycles. The lowest BCUT2D eigenvalue weighted by molar-refractivity contribution is 0.301. The van der Waals surface area contributed by atoms with Crippen LogP contribution in [0.25, 0.3) is 0 Å². The fourth-order valence-corrected chi connectivity index (χ4v) is 3.35. The first-order valence-corrected chi connectivity index (χ1v) is 9.31. The fourth-order valence-electron chi connectivity index (χ4n) is 2.04. The molecule has 2 rings (SSSR count). The lowest BCUT2D eigenvalue weighted by atomic mass is 10.1. The van der Waals surface area contributed by atoms with E-state index in [2.05, 4.69) is 15.9 Å². The smallest absolute Gasteiger partial charge is 0.261 e. The van der Waals surface area contributed by atoms with E-state index in [1.165, 1.54) is 12.1 Å². The molecule has 3 nitrogen and oxygen atoms in total. The molecule has 0 aliphatic carbocycles. The Morgan fingerprint density at radius 3 is 2.24 bits per heavy atom. The van der Waals surface area contributed by atoms with Gasteiger partial charge in [0.05, 0.1) is 4.90 Å². The van der Waals surface area contributed by atoms with E-state index in [0.717, 1.165) is 21.2 Å². The van der Waals surface area contributed by atoms with Crippen molar-refractivity contribution in [2.24, 2.45) is 0 Å². The minimum absolute atomic E-state index is 0.0902. The number of hydrogen-bond acceptors (Lipinski definition) is 3. The van der Waals surface area contributed by atoms with Gasteiger partial charge in [0.2, 0.25) is 0 Å². The molecule has 2 aromatic carbocycles. The second kappa shape index (κ2) is 6.38. The monoisotopic (exact) mass is 388 g/mol. The molecule has 0 saturated heterocycles. The standard InChI is InChI=1S/C15H14BrClO3S/c1-10-7-13(21(17,18)19)8-11(2)15(10)20-9-12-5-3-4-6-14(12)16/h3-8H,9H2,1-2H3. The van der Waals surface area contributed by atoms with Crippen molar-refractivity contribution in [2.75, 3.05) is 0 Å². The van der Waals surface area contributed by atoms with Crippen LogP contribution >= 0.6 is 26.6 Å². The molecule has 0 aliphatic rings. The third kappa shape index (κ3) is 3.99. The van der Waals surface area contributed by atoms with Crippen LogP contribution in [0.2, 0.25) is 0 Å². The number of rotatable bonds is 4. The summed E-state index contributed by atoms with van der Waals surface area (Å²) < 4.78 is 29.6. The lowest BCUT2D eigenvalue weighted by Gasteiger charge is -2.14. The molecule has 6 heteroatoms. The number of halogens is 2. The molecule has 0 unspecified atom stereocenters. The summed E-state index contributed by atoms with van der Waals surface area (Å²) in [5, 5.41) is 0. The van der Waals surface area contributed by atoms with E-state index in [4.69, 9.17) is 15.4 Å². The first-order chi connectivity index (χ1) is 9.79. The Bertz CT molecular complexity index is 749. The molecule has 0 N–H and O–H groups in total. The number of hydrogen-bond donors (Lipinski definition) is 0. The van der Waals surface area contributed by atoms with Crippen molar-refractivity contribution in [1.29, 1.82) is 0 Å². The fraction of sp³-hybridized carbons (Fsp3) is 0.200. The Labute approximate surface area is 137 Å². The number of aryl methyl sites for hydroxylation is 2. The predicted molar refractivity (Wildman–Crippen MR) is 87.4 cm³/mol. The maximum Gasteiger partial charge on any atom is 0.261 e. The van der Waals surface area contributed by atoms with Gasteiger partial charge in [0, 0.05) is 20.7 Å². The number of benzene rings is 2. The summed E-state index contributed by atoms with van der Waals surface area (Å²) in [6.07, 6.45) is 0. The van der Waals surface area contributed by atoms with Gasteiger partial charge in [0.1, 0.15) is 12.4 Å². The normalized spacial score (nSPS) is 11.4. The van der Waals surface area contributed by atoms with E-state index in [1.807, 2.05) is 24.3 Å². The highest BCUT2D eigenvalue weighted by molar-refractivity contribution is 9.10. The van der Waals surface area contributed by atoms with Crippen LogP contribution in [0.5, 0.6) is 5.75 Å². The minimum Gasteiger partial charge on any atom is -0.488 e. The topological polar surface area (TPSA) is 43.4 Å². The van der Waals surface area contributed by atoms with Gasteiger partial charge in [-0.2, -0.15) is 0 Å². The molecule has 0 spiro atoms. The van der Waals surface area contributed by atoms with Crippen LogP contribution in [0.1, 0.15) is 16.7 Å². The van der Waals surface area contributed by atoms with Crippen LogP contribution in [0.15, 0.2) is 45.8 Å². The van der Waals surface area contributed by atoms with Gasteiger partial charge in [-0.05, 0) is 43.2 Å². The molecule has 0 aliphatic heterocycles. The van der Waals surface area contributed by atoms with Crippen molar-refractivity contribution in [3.8, 4) is 5.75 Å². The second-order valence-corrected chi connectivity index (χ2v) is 8.12. The zero-order chi connectivity index (χ0) is 15.6. The van der Waals surface area contributed by atoms with Crippen LogP contribution in [-0.2, 0) is 15.7 Å². The first-order valence-electron chi connectivity index (χ1n) is 6.21. The zero-order valence-electron chi connectivity index (χ0n) is 11.6. The van der Waals surface area contributed by atoms with Crippen LogP contribution in [0.4, 0.5) is 0 Å². The van der Waals surface area contributed by atoms with Crippen LogP contribution < -0.4 is 4.74 Å². The van der Waals surface area contributed by atoms with Crippen molar-refractivity contribution in [3.05, 3.63) is 57.6 Å². The first kappa shape index (κ1) is 16.3. The van der Waals surface area contributed by atoms with Gasteiger partial charge in [0.15, 0.2) is 0 Å². The quantitative estimate of drug-likeness (QED) is 0.719. The van der Waals surface area contributed by atoms with Gasteiger partial charge in [-0.1, -0.05) is 34.1 Å². The maximum atomic E-state index is 11.4. The summed E-state index contributed by atoms with van der Waals surface area (Å²) in [5.74, 6) is 0.676. The molecule has 112 valence electrons. The highest BCUT2D eigenvalue weighted by Crippen LogP contribution is 2.29. The van der Waals surface area contributed by atoms with E-state index in [0.29, 0.717) is 12.4 Å². The Hall–Kier alpha value is -1.04. The van der Waals surface area contributed by atoms with Gasteiger partial charge in [-0.15, -0.1) is 0 Å². The predicted octanol–water partition coefficient (Wildman–Crippen LogP) is 4.57. The zero-order valence-corrected chi connectivity index (χ0v) is 14.7. The van der Waals surface area contributed by atoms with Crippen molar-refractivity contribution in [1.82, 2.24) is 0 Å². The SMILES string of the molecule is Cc1cc(S(=O)(=O)Cl)cc(C)c1OCc1ccccc1Br. The Morgan fingerprint density at radius 1 is 1.14 bits per heavy atom. The highest BCUT2D eigenvalue weighted by Gasteiger charge is 2.15. The van der Waals surface area contributed by atoms with Crippen LogP contribution in [0.3, 0.4) is 0 Å². The number of ether oxygens (including phenoxy) is 1. The van der Waals surface area contributed by atoms with Gasteiger partial charge in [0.25, 0.3) is 9.05 Å². The van der Waals surface area contributed by atoms with E-state index < -0.39 is 9.05 Å². The summed E-state index contributed by atoms with van der Waals surface area (Å²) in [7, 11) is 1.64. The van der Waals surface area contributed by atoms with E-state index in [1.54, 1.807) is 13.8 Å². The van der Waals surface area contributed by atoms with E-state index >= 15 is 0 Å². The summed E-state index contributed by atoms with van der Waals surface area (Å²) in [5.41, 5.74) is 2.49. The maximum absolute atomic E-state index is 11.4. The molecule has 2 aromatic rings. The van der Waals surface area contributed by atoms with Crippen molar-refractivity contribution < 1.29 is 13.2 Å². The lowest BCUT2D eigenvalue weighted by Crippen LogP contribution is -2.01. The third-order valence-corrected chi connectivity index (χ3v) is 5.15. The highest BCUT2D eigenvalue weighted by atomic mass is 79.9. The molecule has 21 heavy (non-hydrogen) atoms.